The predicted octanol–water partition coefficient (Wildman–Crippen LogP) is 5.27. The first-order valence-electron chi connectivity index (χ1n) is 10.3. The fourth-order valence-electron chi connectivity index (χ4n) is 4.82. The molecule has 0 atom stereocenters. The molecular weight excluding hydrogens is 322 g/mol. The summed E-state index contributed by atoms with van der Waals surface area (Å²) in [5, 5.41) is 9.92. The first-order chi connectivity index (χ1) is 12.2. The molecule has 1 aromatic rings. The summed E-state index contributed by atoms with van der Waals surface area (Å²) in [6.45, 7) is 14.4. The standard InChI is InChI=1S/C23H37NO2/c1-7-22(8-2)15-23(16-22,21(25)26)20-11-9-19(10-12-20)13-14-24(17(3)4)18(5)6/h9-12,17-18H,7-8,13-16H2,1-6H3,(H,25,26). The molecule has 1 fully saturated rings. The van der Waals surface area contributed by atoms with Gasteiger partial charge in [-0.2, -0.15) is 0 Å². The van der Waals surface area contributed by atoms with Gasteiger partial charge in [-0.3, -0.25) is 9.69 Å². The Morgan fingerprint density at radius 2 is 1.54 bits per heavy atom. The number of rotatable bonds is 9. The largest absolute Gasteiger partial charge is 0.481 e. The van der Waals surface area contributed by atoms with Gasteiger partial charge < -0.3 is 5.11 Å². The number of benzene rings is 1. The Balaban J connectivity index is 2.10. The van der Waals surface area contributed by atoms with Crippen molar-refractivity contribution in [2.24, 2.45) is 5.41 Å². The van der Waals surface area contributed by atoms with Gasteiger partial charge >= 0.3 is 5.97 Å². The maximum Gasteiger partial charge on any atom is 0.314 e. The van der Waals surface area contributed by atoms with Gasteiger partial charge in [-0.15, -0.1) is 0 Å². The number of carboxylic acid groups (broad SMARTS) is 1. The van der Waals surface area contributed by atoms with E-state index in [1.165, 1.54) is 5.56 Å². The highest BCUT2D eigenvalue weighted by Crippen LogP contribution is 2.59. The van der Waals surface area contributed by atoms with Crippen LogP contribution < -0.4 is 0 Å². The van der Waals surface area contributed by atoms with E-state index < -0.39 is 11.4 Å². The lowest BCUT2D eigenvalue weighted by Gasteiger charge is -2.54. The average Bonchev–Trinajstić information content (AvgIpc) is 2.55. The second kappa shape index (κ2) is 8.12. The van der Waals surface area contributed by atoms with E-state index in [2.05, 4.69) is 70.7 Å². The quantitative estimate of drug-likeness (QED) is 0.653. The monoisotopic (exact) mass is 359 g/mol. The van der Waals surface area contributed by atoms with E-state index in [1.54, 1.807) is 0 Å². The first-order valence-corrected chi connectivity index (χ1v) is 10.3. The van der Waals surface area contributed by atoms with Gasteiger partial charge in [0.05, 0.1) is 5.41 Å². The number of carboxylic acids is 1. The van der Waals surface area contributed by atoms with Gasteiger partial charge in [-0.05, 0) is 63.5 Å². The van der Waals surface area contributed by atoms with Crippen molar-refractivity contribution in [2.45, 2.75) is 91.1 Å². The molecule has 0 spiro atoms. The number of nitrogens with zero attached hydrogens (tertiary/aromatic N) is 1. The van der Waals surface area contributed by atoms with Gasteiger partial charge in [-0.25, -0.2) is 0 Å². The molecule has 0 amide bonds. The lowest BCUT2D eigenvalue weighted by Crippen LogP contribution is -2.54. The van der Waals surface area contributed by atoms with Crippen LogP contribution in [-0.4, -0.2) is 34.6 Å². The van der Waals surface area contributed by atoms with E-state index in [1.807, 2.05) is 0 Å². The van der Waals surface area contributed by atoms with Crippen LogP contribution in [-0.2, 0) is 16.6 Å². The smallest absolute Gasteiger partial charge is 0.314 e. The lowest BCUT2D eigenvalue weighted by atomic mass is 9.48. The van der Waals surface area contributed by atoms with Crippen LogP contribution in [0, 0.1) is 5.41 Å². The zero-order valence-corrected chi connectivity index (χ0v) is 17.5. The third kappa shape index (κ3) is 3.98. The summed E-state index contributed by atoms with van der Waals surface area (Å²) in [7, 11) is 0. The molecule has 0 unspecified atom stereocenters. The van der Waals surface area contributed by atoms with Crippen LogP contribution in [0.5, 0.6) is 0 Å². The summed E-state index contributed by atoms with van der Waals surface area (Å²) in [6.07, 6.45) is 4.69. The highest BCUT2D eigenvalue weighted by molar-refractivity contribution is 5.83. The van der Waals surface area contributed by atoms with Gasteiger partial charge in [0.1, 0.15) is 0 Å². The Kier molecular flexibility index (Phi) is 6.55. The summed E-state index contributed by atoms with van der Waals surface area (Å²) in [5.74, 6) is -0.659. The molecule has 146 valence electrons. The van der Waals surface area contributed by atoms with Crippen molar-refractivity contribution in [1.29, 1.82) is 0 Å². The SMILES string of the molecule is CCC1(CC)CC(C(=O)O)(c2ccc(CCN(C(C)C)C(C)C)cc2)C1. The number of carbonyl (C=O) groups is 1. The molecule has 26 heavy (non-hydrogen) atoms. The third-order valence-electron chi connectivity index (χ3n) is 6.75. The Labute approximate surface area is 159 Å². The maximum atomic E-state index is 12.1. The van der Waals surface area contributed by atoms with Gasteiger partial charge in [0.25, 0.3) is 0 Å². The fraction of sp³-hybridized carbons (Fsp3) is 0.696. The fourth-order valence-corrected chi connectivity index (χ4v) is 4.82. The topological polar surface area (TPSA) is 40.5 Å². The molecule has 2 rings (SSSR count). The highest BCUT2D eigenvalue weighted by atomic mass is 16.4. The van der Waals surface area contributed by atoms with Gasteiger partial charge in [0.2, 0.25) is 0 Å². The predicted molar refractivity (Wildman–Crippen MR) is 109 cm³/mol. The van der Waals surface area contributed by atoms with Crippen LogP contribution in [0.25, 0.3) is 0 Å². The van der Waals surface area contributed by atoms with E-state index in [-0.39, 0.29) is 5.41 Å². The first kappa shape index (κ1) is 21.0. The third-order valence-corrected chi connectivity index (χ3v) is 6.75. The van der Waals surface area contributed by atoms with Gasteiger partial charge in [0, 0.05) is 18.6 Å². The summed E-state index contributed by atoms with van der Waals surface area (Å²) in [4.78, 5) is 14.6. The van der Waals surface area contributed by atoms with Gasteiger partial charge in [0.15, 0.2) is 0 Å². The van der Waals surface area contributed by atoms with Crippen molar-refractivity contribution < 1.29 is 9.90 Å². The number of hydrogen-bond acceptors (Lipinski definition) is 2. The Hall–Kier alpha value is -1.35. The van der Waals surface area contributed by atoms with Gasteiger partial charge in [-0.1, -0.05) is 51.0 Å². The molecule has 3 heteroatoms. The van der Waals surface area contributed by atoms with Crippen LogP contribution >= 0.6 is 0 Å². The van der Waals surface area contributed by atoms with E-state index in [0.29, 0.717) is 12.1 Å². The minimum atomic E-state index is -0.674. The van der Waals surface area contributed by atoms with Crippen molar-refractivity contribution in [2.75, 3.05) is 6.54 Å². The molecule has 1 saturated carbocycles. The zero-order valence-electron chi connectivity index (χ0n) is 17.5. The summed E-state index contributed by atoms with van der Waals surface area (Å²) in [6, 6.07) is 9.47. The maximum absolute atomic E-state index is 12.1. The molecule has 3 nitrogen and oxygen atoms in total. The minimum Gasteiger partial charge on any atom is -0.481 e. The van der Waals surface area contributed by atoms with Crippen LogP contribution in [0.2, 0.25) is 0 Å². The molecular formula is C23H37NO2. The Bertz CT molecular complexity index is 583. The molecule has 0 aliphatic heterocycles. The van der Waals surface area contributed by atoms with Crippen LogP contribution in [0.15, 0.2) is 24.3 Å². The molecule has 0 saturated heterocycles. The van der Waals surface area contributed by atoms with Crippen molar-refractivity contribution in [3.8, 4) is 0 Å². The second-order valence-electron chi connectivity index (χ2n) is 8.82. The van der Waals surface area contributed by atoms with E-state index in [0.717, 1.165) is 44.2 Å². The van der Waals surface area contributed by atoms with E-state index in [4.69, 9.17) is 0 Å². The Morgan fingerprint density at radius 3 is 1.92 bits per heavy atom. The van der Waals surface area contributed by atoms with Crippen molar-refractivity contribution in [3.63, 3.8) is 0 Å². The van der Waals surface area contributed by atoms with Crippen molar-refractivity contribution in [1.82, 2.24) is 4.90 Å². The summed E-state index contributed by atoms with van der Waals surface area (Å²) in [5.41, 5.74) is 1.81. The molecule has 1 aliphatic carbocycles. The Morgan fingerprint density at radius 1 is 1.04 bits per heavy atom. The lowest BCUT2D eigenvalue weighted by molar-refractivity contribution is -0.155. The van der Waals surface area contributed by atoms with Crippen LogP contribution in [0.3, 0.4) is 0 Å². The minimum absolute atomic E-state index is 0.214. The zero-order chi connectivity index (χ0) is 19.5. The normalized spacial score (nSPS) is 18.3. The molecule has 1 aliphatic rings. The van der Waals surface area contributed by atoms with Crippen LogP contribution in [0.4, 0.5) is 0 Å². The summed E-state index contributed by atoms with van der Waals surface area (Å²) >= 11 is 0. The summed E-state index contributed by atoms with van der Waals surface area (Å²) < 4.78 is 0. The molecule has 0 bridgehead atoms. The molecule has 1 aromatic carbocycles. The molecule has 1 N–H and O–H groups in total. The van der Waals surface area contributed by atoms with E-state index in [9.17, 15) is 9.90 Å². The van der Waals surface area contributed by atoms with Crippen LogP contribution in [0.1, 0.15) is 78.4 Å². The molecule has 0 radical (unpaired) electrons. The highest BCUT2D eigenvalue weighted by Gasteiger charge is 2.58. The van der Waals surface area contributed by atoms with Crippen molar-refractivity contribution in [3.05, 3.63) is 35.4 Å². The number of aliphatic carboxylic acids is 1. The molecule has 0 aromatic heterocycles. The average molecular weight is 360 g/mol. The number of hydrogen-bond donors (Lipinski definition) is 1. The molecule has 0 heterocycles. The van der Waals surface area contributed by atoms with E-state index >= 15 is 0 Å². The van der Waals surface area contributed by atoms with Crippen molar-refractivity contribution >= 4 is 5.97 Å². The second-order valence-corrected chi connectivity index (χ2v) is 8.82.